The third-order valence-corrected chi connectivity index (χ3v) is 3.56. The summed E-state index contributed by atoms with van der Waals surface area (Å²) in [4.78, 5) is 11.9. The zero-order valence-corrected chi connectivity index (χ0v) is 11.2. The molecule has 2 nitrogen and oxygen atoms in total. The summed E-state index contributed by atoms with van der Waals surface area (Å²) >= 11 is 3.36. The van der Waals surface area contributed by atoms with Gasteiger partial charge in [-0.05, 0) is 49.4 Å². The second kappa shape index (κ2) is 6.01. The van der Waals surface area contributed by atoms with Crippen LogP contribution in [0, 0.1) is 5.92 Å². The van der Waals surface area contributed by atoms with E-state index in [9.17, 15) is 4.79 Å². The van der Waals surface area contributed by atoms with Gasteiger partial charge >= 0.3 is 0 Å². The van der Waals surface area contributed by atoms with Crippen molar-refractivity contribution in [3.05, 3.63) is 46.5 Å². The minimum absolute atomic E-state index is 0.0204. The second-order valence-corrected chi connectivity index (χ2v) is 5.28. The van der Waals surface area contributed by atoms with E-state index < -0.39 is 0 Å². The van der Waals surface area contributed by atoms with Crippen LogP contribution in [0.25, 0.3) is 0 Å². The van der Waals surface area contributed by atoms with Crippen LogP contribution in [0.1, 0.15) is 29.6 Å². The highest BCUT2D eigenvalue weighted by atomic mass is 79.9. The Kier molecular flexibility index (Phi) is 4.37. The molecule has 1 amide bonds. The molecule has 0 saturated carbocycles. The maximum absolute atomic E-state index is 11.9. The molecule has 1 aromatic carbocycles. The van der Waals surface area contributed by atoms with Gasteiger partial charge in [0.2, 0.25) is 0 Å². The van der Waals surface area contributed by atoms with E-state index in [4.69, 9.17) is 0 Å². The third-order valence-electron chi connectivity index (χ3n) is 3.04. The molecule has 1 atom stereocenters. The Morgan fingerprint density at radius 1 is 1.29 bits per heavy atom. The van der Waals surface area contributed by atoms with E-state index in [2.05, 4.69) is 33.4 Å². The zero-order valence-electron chi connectivity index (χ0n) is 9.66. The van der Waals surface area contributed by atoms with Gasteiger partial charge < -0.3 is 5.32 Å². The Bertz CT molecular complexity index is 411. The molecule has 17 heavy (non-hydrogen) atoms. The molecule has 3 heteroatoms. The molecule has 1 aliphatic carbocycles. The van der Waals surface area contributed by atoms with Crippen LogP contribution in [-0.2, 0) is 0 Å². The minimum atomic E-state index is 0.0204. The number of allylic oxidation sites excluding steroid dienone is 2. The van der Waals surface area contributed by atoms with E-state index in [0.717, 1.165) is 29.4 Å². The SMILES string of the molecule is O=C(NCC1CC=CCC1)c1ccc(Br)cc1. The van der Waals surface area contributed by atoms with Gasteiger partial charge in [0, 0.05) is 16.6 Å². The van der Waals surface area contributed by atoms with Crippen molar-refractivity contribution in [2.45, 2.75) is 19.3 Å². The quantitative estimate of drug-likeness (QED) is 0.849. The van der Waals surface area contributed by atoms with Crippen molar-refractivity contribution in [3.63, 3.8) is 0 Å². The van der Waals surface area contributed by atoms with Gasteiger partial charge in [-0.25, -0.2) is 0 Å². The van der Waals surface area contributed by atoms with Gasteiger partial charge in [-0.2, -0.15) is 0 Å². The number of nitrogens with one attached hydrogen (secondary N) is 1. The van der Waals surface area contributed by atoms with E-state index >= 15 is 0 Å². The monoisotopic (exact) mass is 293 g/mol. The van der Waals surface area contributed by atoms with Gasteiger partial charge in [-0.15, -0.1) is 0 Å². The van der Waals surface area contributed by atoms with Crippen molar-refractivity contribution in [1.29, 1.82) is 0 Å². The van der Waals surface area contributed by atoms with Crippen LogP contribution in [-0.4, -0.2) is 12.5 Å². The molecule has 1 N–H and O–H groups in total. The maximum atomic E-state index is 11.9. The summed E-state index contributed by atoms with van der Waals surface area (Å²) in [6, 6.07) is 7.44. The number of hydrogen-bond donors (Lipinski definition) is 1. The predicted octanol–water partition coefficient (Wildman–Crippen LogP) is 3.54. The molecule has 2 rings (SSSR count). The normalized spacial score (nSPS) is 19.0. The summed E-state index contributed by atoms with van der Waals surface area (Å²) in [7, 11) is 0. The van der Waals surface area contributed by atoms with Crippen LogP contribution in [0.5, 0.6) is 0 Å². The van der Waals surface area contributed by atoms with Crippen molar-refractivity contribution in [1.82, 2.24) is 5.32 Å². The number of carbonyl (C=O) groups excluding carboxylic acids is 1. The minimum Gasteiger partial charge on any atom is -0.352 e. The first-order valence-electron chi connectivity index (χ1n) is 5.94. The first kappa shape index (κ1) is 12.4. The highest BCUT2D eigenvalue weighted by molar-refractivity contribution is 9.10. The van der Waals surface area contributed by atoms with Crippen LogP contribution < -0.4 is 5.32 Å². The van der Waals surface area contributed by atoms with Gasteiger partial charge in [0.05, 0.1) is 0 Å². The second-order valence-electron chi connectivity index (χ2n) is 4.37. The highest BCUT2D eigenvalue weighted by Crippen LogP contribution is 2.17. The van der Waals surface area contributed by atoms with Crippen LogP contribution in [0.15, 0.2) is 40.9 Å². The Morgan fingerprint density at radius 3 is 2.71 bits per heavy atom. The van der Waals surface area contributed by atoms with Crippen molar-refractivity contribution < 1.29 is 4.79 Å². The molecule has 0 spiro atoms. The zero-order chi connectivity index (χ0) is 12.1. The van der Waals surface area contributed by atoms with Crippen LogP contribution in [0.3, 0.4) is 0 Å². The lowest BCUT2D eigenvalue weighted by molar-refractivity contribution is 0.0946. The molecule has 1 unspecified atom stereocenters. The number of hydrogen-bond acceptors (Lipinski definition) is 1. The van der Waals surface area contributed by atoms with Crippen LogP contribution in [0.4, 0.5) is 0 Å². The first-order valence-corrected chi connectivity index (χ1v) is 6.74. The summed E-state index contributed by atoms with van der Waals surface area (Å²) < 4.78 is 0.992. The fourth-order valence-corrected chi connectivity index (χ4v) is 2.25. The van der Waals surface area contributed by atoms with Crippen molar-refractivity contribution in [2.75, 3.05) is 6.54 Å². The molecule has 1 aromatic rings. The van der Waals surface area contributed by atoms with Gasteiger partial charge in [-0.1, -0.05) is 28.1 Å². The summed E-state index contributed by atoms with van der Waals surface area (Å²) in [6.45, 7) is 0.777. The molecule has 90 valence electrons. The van der Waals surface area contributed by atoms with Crippen LogP contribution in [0.2, 0.25) is 0 Å². The molecule has 0 aromatic heterocycles. The average Bonchev–Trinajstić information content (AvgIpc) is 2.38. The van der Waals surface area contributed by atoms with Gasteiger partial charge in [0.25, 0.3) is 5.91 Å². The standard InChI is InChI=1S/C14H16BrNO/c15-13-8-6-12(7-9-13)14(17)16-10-11-4-2-1-3-5-11/h1-2,6-9,11H,3-5,10H2,(H,16,17). The van der Waals surface area contributed by atoms with Crippen molar-refractivity contribution >= 4 is 21.8 Å². The number of rotatable bonds is 3. The molecule has 0 radical (unpaired) electrons. The van der Waals surface area contributed by atoms with E-state index in [1.54, 1.807) is 0 Å². The average molecular weight is 294 g/mol. The van der Waals surface area contributed by atoms with Crippen molar-refractivity contribution in [2.24, 2.45) is 5.92 Å². The Morgan fingerprint density at radius 2 is 2.06 bits per heavy atom. The van der Waals surface area contributed by atoms with E-state index in [-0.39, 0.29) is 5.91 Å². The van der Waals surface area contributed by atoms with E-state index in [0.29, 0.717) is 5.92 Å². The van der Waals surface area contributed by atoms with Gasteiger partial charge in [0.15, 0.2) is 0 Å². The number of benzene rings is 1. The maximum Gasteiger partial charge on any atom is 0.251 e. The van der Waals surface area contributed by atoms with E-state index in [1.807, 2.05) is 24.3 Å². The predicted molar refractivity (Wildman–Crippen MR) is 73.0 cm³/mol. The molecular formula is C14H16BrNO. The molecule has 0 heterocycles. The lowest BCUT2D eigenvalue weighted by Crippen LogP contribution is -2.29. The Balaban J connectivity index is 1.84. The van der Waals surface area contributed by atoms with Crippen molar-refractivity contribution in [3.8, 4) is 0 Å². The summed E-state index contributed by atoms with van der Waals surface area (Å²) in [5.74, 6) is 0.617. The smallest absolute Gasteiger partial charge is 0.251 e. The van der Waals surface area contributed by atoms with Gasteiger partial charge in [-0.3, -0.25) is 4.79 Å². The summed E-state index contributed by atoms with van der Waals surface area (Å²) in [5.41, 5.74) is 0.722. The number of halogens is 1. The van der Waals surface area contributed by atoms with Crippen LogP contribution >= 0.6 is 15.9 Å². The topological polar surface area (TPSA) is 29.1 Å². The fraction of sp³-hybridized carbons (Fsp3) is 0.357. The molecule has 1 aliphatic rings. The molecular weight excluding hydrogens is 278 g/mol. The lowest BCUT2D eigenvalue weighted by Gasteiger charge is -2.18. The van der Waals surface area contributed by atoms with E-state index in [1.165, 1.54) is 6.42 Å². The largest absolute Gasteiger partial charge is 0.352 e. The fourth-order valence-electron chi connectivity index (χ4n) is 1.98. The number of carbonyl (C=O) groups is 1. The molecule has 0 fully saturated rings. The first-order chi connectivity index (χ1) is 8.25. The number of amides is 1. The molecule has 0 aliphatic heterocycles. The summed E-state index contributed by atoms with van der Waals surface area (Å²) in [5, 5.41) is 3.00. The lowest BCUT2D eigenvalue weighted by atomic mass is 9.94. The molecule has 0 saturated heterocycles. The third kappa shape index (κ3) is 3.70. The summed E-state index contributed by atoms with van der Waals surface area (Å²) in [6.07, 6.45) is 7.82. The Hall–Kier alpha value is -1.09. The molecule has 0 bridgehead atoms. The van der Waals surface area contributed by atoms with Gasteiger partial charge in [0.1, 0.15) is 0 Å². The highest BCUT2D eigenvalue weighted by Gasteiger charge is 2.12. The Labute approximate surface area is 110 Å².